The summed E-state index contributed by atoms with van der Waals surface area (Å²) in [5.41, 5.74) is 6.68. The Morgan fingerprint density at radius 1 is 0.949 bits per heavy atom. The maximum absolute atomic E-state index is 13.8. The average Bonchev–Trinajstić information content (AvgIpc) is 3.39. The summed E-state index contributed by atoms with van der Waals surface area (Å²) in [4.78, 5) is 16.1. The summed E-state index contributed by atoms with van der Waals surface area (Å²) in [6, 6.07) is 22.8. The highest BCUT2D eigenvalue weighted by Gasteiger charge is 2.36. The van der Waals surface area contributed by atoms with Crippen molar-refractivity contribution in [3.63, 3.8) is 0 Å². The van der Waals surface area contributed by atoms with Gasteiger partial charge in [0.2, 0.25) is 0 Å². The van der Waals surface area contributed by atoms with Crippen LogP contribution in [0.5, 0.6) is 11.5 Å². The smallest absolute Gasteiger partial charge is 0.257 e. The molecule has 1 atom stereocenters. The molecule has 39 heavy (non-hydrogen) atoms. The number of piperidine rings is 1. The van der Waals surface area contributed by atoms with Crippen LogP contribution in [0.4, 0.5) is 0 Å². The van der Waals surface area contributed by atoms with E-state index in [1.807, 2.05) is 18.2 Å². The second-order valence-corrected chi connectivity index (χ2v) is 10.8. The van der Waals surface area contributed by atoms with Crippen molar-refractivity contribution in [1.82, 2.24) is 9.91 Å². The molecular weight excluding hydrogens is 486 g/mol. The van der Waals surface area contributed by atoms with Gasteiger partial charge in [-0.3, -0.25) is 9.69 Å². The quantitative estimate of drug-likeness (QED) is 0.365. The molecule has 3 aromatic rings. The Hall–Kier alpha value is -3.64. The molecule has 2 aliphatic rings. The molecule has 0 saturated carbocycles. The van der Waals surface area contributed by atoms with Crippen LogP contribution in [0.15, 0.2) is 71.8 Å². The summed E-state index contributed by atoms with van der Waals surface area (Å²) in [5.74, 6) is 2.13. The fraction of sp³-hybridized carbons (Fsp3) is 0.394. The molecular formula is C33H39N3O3. The number of carbonyl (C=O) groups excluding carboxylic acids is 1. The number of methoxy groups -OCH3 is 2. The molecule has 0 N–H and O–H groups in total. The lowest BCUT2D eigenvalue weighted by Crippen LogP contribution is -2.42. The van der Waals surface area contributed by atoms with Gasteiger partial charge in [-0.25, -0.2) is 5.01 Å². The van der Waals surface area contributed by atoms with Gasteiger partial charge in [0.25, 0.3) is 5.91 Å². The molecule has 3 aromatic carbocycles. The third kappa shape index (κ3) is 6.17. The van der Waals surface area contributed by atoms with Gasteiger partial charge in [-0.15, -0.1) is 0 Å². The zero-order chi connectivity index (χ0) is 27.4. The molecule has 1 saturated heterocycles. The van der Waals surface area contributed by atoms with Crippen molar-refractivity contribution < 1.29 is 14.3 Å². The van der Waals surface area contributed by atoms with E-state index in [-0.39, 0.29) is 11.9 Å². The van der Waals surface area contributed by atoms with E-state index in [4.69, 9.17) is 14.6 Å². The zero-order valence-electron chi connectivity index (χ0n) is 23.5. The van der Waals surface area contributed by atoms with Gasteiger partial charge in [0.05, 0.1) is 32.5 Å². The number of carbonyl (C=O) groups is 1. The second-order valence-electron chi connectivity index (χ2n) is 10.8. The number of rotatable bonds is 8. The molecule has 5 rings (SSSR count). The van der Waals surface area contributed by atoms with Crippen molar-refractivity contribution in [2.45, 2.75) is 45.6 Å². The first-order valence-electron chi connectivity index (χ1n) is 13.9. The van der Waals surface area contributed by atoms with Crippen LogP contribution in [-0.4, -0.2) is 55.4 Å². The third-order valence-electron chi connectivity index (χ3n) is 8.10. The van der Waals surface area contributed by atoms with Gasteiger partial charge in [-0.1, -0.05) is 54.1 Å². The fourth-order valence-corrected chi connectivity index (χ4v) is 5.94. The maximum atomic E-state index is 13.8. The number of benzene rings is 3. The van der Waals surface area contributed by atoms with Gasteiger partial charge in [0.1, 0.15) is 11.5 Å². The lowest BCUT2D eigenvalue weighted by Gasteiger charge is -2.33. The van der Waals surface area contributed by atoms with Crippen LogP contribution >= 0.6 is 0 Å². The van der Waals surface area contributed by atoms with Gasteiger partial charge in [0.15, 0.2) is 0 Å². The number of nitrogens with zero attached hydrogens (tertiary/aromatic N) is 3. The highest BCUT2D eigenvalue weighted by atomic mass is 16.5. The van der Waals surface area contributed by atoms with Gasteiger partial charge < -0.3 is 9.47 Å². The van der Waals surface area contributed by atoms with Crippen LogP contribution < -0.4 is 9.47 Å². The molecule has 1 fully saturated rings. The lowest BCUT2D eigenvalue weighted by atomic mass is 9.90. The number of aryl methyl sites for hydroxylation is 2. The van der Waals surface area contributed by atoms with Crippen LogP contribution in [0.3, 0.4) is 0 Å². The molecule has 0 aliphatic carbocycles. The normalized spacial score (nSPS) is 18.2. The first-order valence-corrected chi connectivity index (χ1v) is 13.9. The van der Waals surface area contributed by atoms with E-state index in [0.29, 0.717) is 24.6 Å². The van der Waals surface area contributed by atoms with Crippen LogP contribution in [0.25, 0.3) is 0 Å². The maximum Gasteiger partial charge on any atom is 0.257 e. The summed E-state index contributed by atoms with van der Waals surface area (Å²) in [6.45, 7) is 6.48. The Morgan fingerprint density at radius 3 is 2.41 bits per heavy atom. The molecule has 6 nitrogen and oxygen atoms in total. The van der Waals surface area contributed by atoms with Crippen molar-refractivity contribution in [1.29, 1.82) is 0 Å². The van der Waals surface area contributed by atoms with Gasteiger partial charge in [0, 0.05) is 18.1 Å². The first kappa shape index (κ1) is 26.9. The van der Waals surface area contributed by atoms with E-state index in [9.17, 15) is 4.79 Å². The molecule has 1 unspecified atom stereocenters. The van der Waals surface area contributed by atoms with E-state index in [1.54, 1.807) is 19.2 Å². The molecule has 0 aromatic heterocycles. The third-order valence-corrected chi connectivity index (χ3v) is 8.10. The Labute approximate surface area is 232 Å². The highest BCUT2D eigenvalue weighted by molar-refractivity contribution is 6.05. The van der Waals surface area contributed by atoms with E-state index in [1.165, 1.54) is 16.7 Å². The van der Waals surface area contributed by atoms with E-state index < -0.39 is 0 Å². The zero-order valence-corrected chi connectivity index (χ0v) is 23.5. The molecule has 0 bridgehead atoms. The fourth-order valence-electron chi connectivity index (χ4n) is 5.94. The number of ether oxygens (including phenoxy) is 2. The Bertz CT molecular complexity index is 1330. The van der Waals surface area contributed by atoms with Crippen LogP contribution in [0.2, 0.25) is 0 Å². The number of hydrogen-bond donors (Lipinski definition) is 0. The molecule has 1 amide bonds. The average molecular weight is 526 g/mol. The Kier molecular flexibility index (Phi) is 8.32. The minimum absolute atomic E-state index is 0.0453. The monoisotopic (exact) mass is 525 g/mol. The Morgan fingerprint density at radius 2 is 1.72 bits per heavy atom. The summed E-state index contributed by atoms with van der Waals surface area (Å²) < 4.78 is 11.1. The predicted molar refractivity (Wildman–Crippen MR) is 156 cm³/mol. The van der Waals surface area contributed by atoms with Crippen molar-refractivity contribution in [2.24, 2.45) is 11.0 Å². The lowest BCUT2D eigenvalue weighted by molar-refractivity contribution is -0.134. The molecule has 6 heteroatoms. The molecule has 0 spiro atoms. The summed E-state index contributed by atoms with van der Waals surface area (Å²) in [5, 5.41) is 6.66. The predicted octanol–water partition coefficient (Wildman–Crippen LogP) is 5.95. The van der Waals surface area contributed by atoms with Crippen LogP contribution in [0.1, 0.15) is 53.1 Å². The minimum atomic E-state index is -0.143. The summed E-state index contributed by atoms with van der Waals surface area (Å²) >= 11 is 0. The molecule has 2 heterocycles. The minimum Gasteiger partial charge on any atom is -0.497 e. The van der Waals surface area contributed by atoms with Gasteiger partial charge in [-0.2, -0.15) is 5.10 Å². The van der Waals surface area contributed by atoms with Crippen molar-refractivity contribution in [2.75, 3.05) is 33.9 Å². The standard InChI is InChI=1S/C33H39N3O3/c1-23-10-12-28(24(2)18-23)31-21-30(29-13-11-27(38-3)20-32(29)39-4)34-36(31)33(37)22-35-16-14-26(15-17-35)19-25-8-6-5-7-9-25/h5-13,18,20,26,31H,14-17,19,21-22H2,1-4H3. The largest absolute Gasteiger partial charge is 0.497 e. The highest BCUT2D eigenvalue weighted by Crippen LogP contribution is 2.37. The van der Waals surface area contributed by atoms with Gasteiger partial charge >= 0.3 is 0 Å². The topological polar surface area (TPSA) is 54.4 Å². The first-order chi connectivity index (χ1) is 18.9. The van der Waals surface area contributed by atoms with E-state index in [0.717, 1.165) is 54.9 Å². The van der Waals surface area contributed by atoms with Crippen molar-refractivity contribution in [3.05, 3.63) is 94.5 Å². The van der Waals surface area contributed by atoms with Crippen molar-refractivity contribution >= 4 is 11.6 Å². The van der Waals surface area contributed by atoms with Crippen molar-refractivity contribution in [3.8, 4) is 11.5 Å². The number of likely N-dealkylation sites (tertiary alicyclic amines) is 1. The summed E-state index contributed by atoms with van der Waals surface area (Å²) in [7, 11) is 3.29. The van der Waals surface area contributed by atoms with Crippen LogP contribution in [0, 0.1) is 19.8 Å². The van der Waals surface area contributed by atoms with Gasteiger partial charge in [-0.05, 0) is 80.9 Å². The molecule has 2 aliphatic heterocycles. The van der Waals surface area contributed by atoms with Crippen LogP contribution in [-0.2, 0) is 11.2 Å². The summed E-state index contributed by atoms with van der Waals surface area (Å²) in [6.07, 6.45) is 3.97. The molecule has 204 valence electrons. The number of hydrogen-bond acceptors (Lipinski definition) is 5. The number of amides is 1. The molecule has 0 radical (unpaired) electrons. The second kappa shape index (κ2) is 12.0. The van der Waals surface area contributed by atoms with E-state index >= 15 is 0 Å². The number of hydrazone groups is 1. The Balaban J connectivity index is 1.33. The SMILES string of the molecule is COc1ccc(C2=NN(C(=O)CN3CCC(Cc4ccccc4)CC3)C(c3ccc(C)cc3C)C2)c(OC)c1. The van der Waals surface area contributed by atoms with E-state index in [2.05, 4.69) is 67.3 Å².